The molecule has 0 spiro atoms. The maximum atomic E-state index is 5.59. The Morgan fingerprint density at radius 3 is 2.24 bits per heavy atom. The van der Waals surface area contributed by atoms with Crippen molar-refractivity contribution >= 4 is 12.4 Å². The summed E-state index contributed by atoms with van der Waals surface area (Å²) in [6.45, 7) is 19.3. The average Bonchev–Trinajstić information content (AvgIpc) is 2.89. The molecule has 0 unspecified atom stereocenters. The van der Waals surface area contributed by atoms with Crippen molar-refractivity contribution in [3.8, 4) is 0 Å². The zero-order valence-corrected chi connectivity index (χ0v) is 25.2. The van der Waals surface area contributed by atoms with Gasteiger partial charge in [0.15, 0.2) is 0 Å². The lowest BCUT2D eigenvalue weighted by Crippen LogP contribution is -2.30. The van der Waals surface area contributed by atoms with Gasteiger partial charge in [-0.2, -0.15) is 0 Å². The van der Waals surface area contributed by atoms with E-state index in [2.05, 4.69) is 92.5 Å². The first-order chi connectivity index (χ1) is 18.3. The van der Waals surface area contributed by atoms with Crippen LogP contribution in [0.3, 0.4) is 0 Å². The van der Waals surface area contributed by atoms with E-state index >= 15 is 0 Å². The van der Waals surface area contributed by atoms with Crippen LogP contribution in [-0.2, 0) is 4.74 Å². The second-order valence-electron chi connectivity index (χ2n) is 8.74. The number of ether oxygens (including phenoxy) is 1. The van der Waals surface area contributed by atoms with Crippen molar-refractivity contribution in [1.29, 1.82) is 0 Å². The highest BCUT2D eigenvalue weighted by Crippen LogP contribution is 2.18. The Hall–Kier alpha value is -3.38. The van der Waals surface area contributed by atoms with E-state index in [0.29, 0.717) is 12.4 Å². The smallest absolute Gasteiger partial charge is 0.121 e. The van der Waals surface area contributed by atoms with Crippen molar-refractivity contribution in [2.24, 2.45) is 9.98 Å². The van der Waals surface area contributed by atoms with Gasteiger partial charge >= 0.3 is 0 Å². The highest BCUT2D eigenvalue weighted by Gasteiger charge is 2.09. The number of allylic oxidation sites excluding steroid dienone is 10. The van der Waals surface area contributed by atoms with E-state index in [1.165, 1.54) is 5.57 Å². The second-order valence-corrected chi connectivity index (χ2v) is 8.74. The second kappa shape index (κ2) is 21.7. The average molecular weight is 522 g/mol. The molecule has 0 amide bonds. The van der Waals surface area contributed by atoms with Crippen molar-refractivity contribution < 1.29 is 4.74 Å². The predicted octanol–water partition coefficient (Wildman–Crippen LogP) is 7.62. The van der Waals surface area contributed by atoms with Gasteiger partial charge in [-0.25, -0.2) is 10.4 Å². The Balaban J connectivity index is 5.76. The molecule has 0 aliphatic heterocycles. The molecular weight excluding hydrogens is 470 g/mol. The Labute approximate surface area is 232 Å². The number of hydrogen-bond donors (Lipinski definition) is 3. The number of aliphatic imine (C=N–C) groups is 2. The Morgan fingerprint density at radius 2 is 1.66 bits per heavy atom. The van der Waals surface area contributed by atoms with Gasteiger partial charge in [0.05, 0.1) is 12.8 Å². The Bertz CT molecular complexity index is 1000. The topological polar surface area (TPSA) is 70.0 Å². The minimum absolute atomic E-state index is 0.610. The summed E-state index contributed by atoms with van der Waals surface area (Å²) >= 11 is 0. The monoisotopic (exact) mass is 521 g/mol. The molecule has 0 rings (SSSR count). The summed E-state index contributed by atoms with van der Waals surface area (Å²) in [5.74, 6) is 1.47. The van der Waals surface area contributed by atoms with Gasteiger partial charge in [0, 0.05) is 32.2 Å². The molecule has 0 saturated carbocycles. The molecule has 0 fully saturated rings. The minimum Gasteiger partial charge on any atom is -0.497 e. The third-order valence-electron chi connectivity index (χ3n) is 5.54. The van der Waals surface area contributed by atoms with E-state index in [9.17, 15) is 0 Å². The molecule has 0 aliphatic carbocycles. The van der Waals surface area contributed by atoms with Gasteiger partial charge in [-0.05, 0) is 87.0 Å². The molecule has 3 N–H and O–H groups in total. The Morgan fingerprint density at radius 1 is 0.947 bits per heavy atom. The number of nitrogens with zero attached hydrogens (tertiary/aromatic N) is 2. The van der Waals surface area contributed by atoms with Crippen LogP contribution in [0.2, 0.25) is 0 Å². The van der Waals surface area contributed by atoms with Crippen molar-refractivity contribution in [2.75, 3.05) is 20.7 Å². The van der Waals surface area contributed by atoms with E-state index in [-0.39, 0.29) is 0 Å². The molecule has 0 bridgehead atoms. The maximum Gasteiger partial charge on any atom is 0.121 e. The van der Waals surface area contributed by atoms with Gasteiger partial charge in [-0.3, -0.25) is 4.99 Å². The number of methoxy groups -OCH3 is 1. The van der Waals surface area contributed by atoms with E-state index in [4.69, 9.17) is 4.74 Å². The van der Waals surface area contributed by atoms with Crippen LogP contribution < -0.4 is 16.2 Å². The fourth-order valence-corrected chi connectivity index (χ4v) is 3.58. The first-order valence-corrected chi connectivity index (χ1v) is 13.5. The fourth-order valence-electron chi connectivity index (χ4n) is 3.58. The molecule has 0 heterocycles. The molecule has 6 nitrogen and oxygen atoms in total. The summed E-state index contributed by atoms with van der Waals surface area (Å²) in [7, 11) is 3.58. The summed E-state index contributed by atoms with van der Waals surface area (Å²) in [6, 6.07) is 0. The minimum atomic E-state index is 0.610. The van der Waals surface area contributed by atoms with Crippen LogP contribution >= 0.6 is 0 Å². The van der Waals surface area contributed by atoms with E-state index in [1.807, 2.05) is 38.4 Å². The molecule has 0 aliphatic rings. The quantitative estimate of drug-likeness (QED) is 0.0751. The summed E-state index contributed by atoms with van der Waals surface area (Å²) in [5, 5.41) is 3.37. The molecule has 0 radical (unpaired) electrons. The fraction of sp³-hybridized carbons (Fsp3) is 0.438. The normalized spacial score (nSPS) is 15.0. The van der Waals surface area contributed by atoms with Gasteiger partial charge < -0.3 is 15.5 Å². The molecule has 0 atom stereocenters. The zero-order chi connectivity index (χ0) is 28.8. The summed E-state index contributed by atoms with van der Waals surface area (Å²) in [6.07, 6.45) is 21.6. The molecule has 6 heteroatoms. The summed E-state index contributed by atoms with van der Waals surface area (Å²) in [5.41, 5.74) is 13.1. The molecule has 0 aromatic heterocycles. The third-order valence-corrected chi connectivity index (χ3v) is 5.54. The van der Waals surface area contributed by atoms with Crippen molar-refractivity contribution in [2.45, 2.75) is 74.1 Å². The Kier molecular flexibility index (Phi) is 19.8. The molecule has 38 heavy (non-hydrogen) atoms. The first kappa shape index (κ1) is 34.6. The molecule has 210 valence electrons. The molecule has 0 aromatic rings. The lowest BCUT2D eigenvalue weighted by molar-refractivity contribution is 0.300. The van der Waals surface area contributed by atoms with Gasteiger partial charge in [-0.15, -0.1) is 0 Å². The van der Waals surface area contributed by atoms with Gasteiger partial charge in [0.2, 0.25) is 0 Å². The number of hydrazine groups is 1. The molecule has 0 saturated heterocycles. The number of hydrogen-bond acceptors (Lipinski definition) is 6. The van der Waals surface area contributed by atoms with Crippen molar-refractivity contribution in [1.82, 2.24) is 16.2 Å². The van der Waals surface area contributed by atoms with Crippen LogP contribution in [0.5, 0.6) is 0 Å². The lowest BCUT2D eigenvalue weighted by Gasteiger charge is -2.18. The molecular formula is C32H51N5O. The van der Waals surface area contributed by atoms with Crippen molar-refractivity contribution in [3.05, 3.63) is 94.4 Å². The van der Waals surface area contributed by atoms with E-state index in [1.54, 1.807) is 19.5 Å². The number of rotatable bonds is 18. The highest BCUT2D eigenvalue weighted by molar-refractivity contribution is 5.87. The largest absolute Gasteiger partial charge is 0.497 e. The van der Waals surface area contributed by atoms with Gasteiger partial charge in [0.25, 0.3) is 0 Å². The van der Waals surface area contributed by atoms with Crippen LogP contribution in [-0.4, -0.2) is 33.1 Å². The van der Waals surface area contributed by atoms with Gasteiger partial charge in [-0.1, -0.05) is 58.1 Å². The molecule has 0 aromatic carbocycles. The first-order valence-electron chi connectivity index (χ1n) is 13.5. The van der Waals surface area contributed by atoms with E-state index < -0.39 is 0 Å². The third kappa shape index (κ3) is 14.4. The summed E-state index contributed by atoms with van der Waals surface area (Å²) < 4.78 is 5.59. The highest BCUT2D eigenvalue weighted by atomic mass is 16.5. The van der Waals surface area contributed by atoms with Crippen LogP contribution in [0.15, 0.2) is 104 Å². The van der Waals surface area contributed by atoms with Crippen LogP contribution in [0.4, 0.5) is 0 Å². The SMILES string of the molecule is C=C(N=C/C=C(C)/C(/C=N/C=C\C)=C\CC)NC\C(CCC)=C(NNC)/C(C)=C/C=C(OC)\C(C)=C\CC. The van der Waals surface area contributed by atoms with Crippen LogP contribution in [0.1, 0.15) is 74.1 Å². The number of nitrogens with one attached hydrogen (secondary N) is 3. The standard InChI is InChI=1S/C32H51N5O/c1-11-15-26(6)31(38-10)19-18-27(7)32(37-33-9)30(17-13-3)24-36-28(8)35-22-20-25(5)29(16-12-2)23-34-21-14-4/h14-16,18-23,33,36-37H,8,11-13,17,24H2,1-7,9-10H3/b21-14-,25-20+,26-15+,27-18+,29-16-,31-19+,32-30+,34-23+,35-22?. The van der Waals surface area contributed by atoms with Gasteiger partial charge in [0.1, 0.15) is 11.6 Å². The van der Waals surface area contributed by atoms with E-state index in [0.717, 1.165) is 59.4 Å². The zero-order valence-electron chi connectivity index (χ0n) is 25.2. The maximum absolute atomic E-state index is 5.59. The lowest BCUT2D eigenvalue weighted by atomic mass is 10.0. The van der Waals surface area contributed by atoms with Crippen LogP contribution in [0.25, 0.3) is 0 Å². The predicted molar refractivity (Wildman–Crippen MR) is 168 cm³/mol. The van der Waals surface area contributed by atoms with Crippen LogP contribution in [0, 0.1) is 0 Å². The van der Waals surface area contributed by atoms with Crippen molar-refractivity contribution in [3.63, 3.8) is 0 Å². The summed E-state index contributed by atoms with van der Waals surface area (Å²) in [4.78, 5) is 8.80.